The molecule has 2 N–H and O–H groups in total. The van der Waals surface area contributed by atoms with Crippen LogP contribution in [0.25, 0.3) is 0 Å². The number of rotatable bonds is 6. The summed E-state index contributed by atoms with van der Waals surface area (Å²) in [5.41, 5.74) is 0.655. The summed E-state index contributed by atoms with van der Waals surface area (Å²) in [5.74, 6) is -1.10. The van der Waals surface area contributed by atoms with Crippen LogP contribution in [0.4, 0.5) is 0 Å². The number of aromatic nitrogens is 2. The molecule has 1 amide bonds. The molecule has 0 aliphatic heterocycles. The molecular weight excluding hydrogens is 254 g/mol. The second-order valence-electron chi connectivity index (χ2n) is 4.32. The predicted octanol–water partition coefficient (Wildman–Crippen LogP) is 1.64. The monoisotopic (exact) mass is 271 g/mol. The molecule has 6 nitrogen and oxygen atoms in total. The average molecular weight is 271 g/mol. The molecule has 1 heterocycles. The Morgan fingerprint density at radius 2 is 2.11 bits per heavy atom. The molecule has 0 aliphatic rings. The summed E-state index contributed by atoms with van der Waals surface area (Å²) in [6.07, 6.45) is 0.493. The fourth-order valence-electron chi connectivity index (χ4n) is 1.49. The summed E-state index contributed by atoms with van der Waals surface area (Å²) < 4.78 is 3.77. The summed E-state index contributed by atoms with van der Waals surface area (Å²) in [6, 6.07) is -0.364. The van der Waals surface area contributed by atoms with Crippen molar-refractivity contribution in [3.05, 3.63) is 10.6 Å². The zero-order chi connectivity index (χ0) is 13.7. The largest absolute Gasteiger partial charge is 0.481 e. The van der Waals surface area contributed by atoms with Crippen LogP contribution in [0.15, 0.2) is 0 Å². The quantitative estimate of drug-likeness (QED) is 0.820. The highest BCUT2D eigenvalue weighted by atomic mass is 32.1. The summed E-state index contributed by atoms with van der Waals surface area (Å²) >= 11 is 1.04. The first-order chi connectivity index (χ1) is 8.45. The van der Waals surface area contributed by atoms with Crippen molar-refractivity contribution in [1.82, 2.24) is 14.9 Å². The minimum Gasteiger partial charge on any atom is -0.481 e. The van der Waals surface area contributed by atoms with Gasteiger partial charge >= 0.3 is 5.97 Å². The molecular formula is C11H17N3O3S. The molecule has 0 bridgehead atoms. The van der Waals surface area contributed by atoms with E-state index in [1.807, 2.05) is 20.8 Å². The van der Waals surface area contributed by atoms with Crippen LogP contribution in [0.5, 0.6) is 0 Å². The van der Waals surface area contributed by atoms with Gasteiger partial charge in [-0.2, -0.15) is 0 Å². The molecule has 0 aromatic carbocycles. The second kappa shape index (κ2) is 6.44. The average Bonchev–Trinajstić information content (AvgIpc) is 2.76. The van der Waals surface area contributed by atoms with Gasteiger partial charge in [0.15, 0.2) is 0 Å². The van der Waals surface area contributed by atoms with Crippen LogP contribution in [-0.4, -0.2) is 32.6 Å². The van der Waals surface area contributed by atoms with Crippen LogP contribution in [-0.2, 0) is 4.79 Å². The van der Waals surface area contributed by atoms with Gasteiger partial charge in [0.25, 0.3) is 5.91 Å². The van der Waals surface area contributed by atoms with Crippen molar-refractivity contribution in [2.75, 3.05) is 0 Å². The van der Waals surface area contributed by atoms with Crippen LogP contribution in [0.3, 0.4) is 0 Å². The van der Waals surface area contributed by atoms with E-state index in [9.17, 15) is 9.59 Å². The Balaban J connectivity index is 2.74. The first kappa shape index (κ1) is 14.6. The highest BCUT2D eigenvalue weighted by molar-refractivity contribution is 7.08. The Morgan fingerprint density at radius 1 is 1.44 bits per heavy atom. The molecule has 18 heavy (non-hydrogen) atoms. The minimum absolute atomic E-state index is 0.0779. The van der Waals surface area contributed by atoms with Gasteiger partial charge in [-0.25, -0.2) is 0 Å². The number of carbonyl (C=O) groups excluding carboxylic acids is 1. The molecule has 0 fully saturated rings. The van der Waals surface area contributed by atoms with Crippen LogP contribution in [0.2, 0.25) is 0 Å². The Labute approximate surface area is 110 Å². The summed E-state index contributed by atoms with van der Waals surface area (Å²) in [7, 11) is 0. The van der Waals surface area contributed by atoms with E-state index in [0.29, 0.717) is 17.0 Å². The Kier molecular flexibility index (Phi) is 5.21. The zero-order valence-corrected chi connectivity index (χ0v) is 11.5. The zero-order valence-electron chi connectivity index (χ0n) is 10.6. The molecule has 1 atom stereocenters. The number of hydrogen-bond acceptors (Lipinski definition) is 5. The van der Waals surface area contributed by atoms with Gasteiger partial charge in [-0.05, 0) is 23.9 Å². The van der Waals surface area contributed by atoms with Gasteiger partial charge in [-0.1, -0.05) is 25.3 Å². The predicted molar refractivity (Wildman–Crippen MR) is 67.8 cm³/mol. The number of aliphatic carboxylic acids is 1. The maximum Gasteiger partial charge on any atom is 0.305 e. The maximum absolute atomic E-state index is 12.0. The molecule has 1 aromatic rings. The molecule has 0 spiro atoms. The van der Waals surface area contributed by atoms with Crippen molar-refractivity contribution in [2.24, 2.45) is 0 Å². The molecule has 1 aromatic heterocycles. The lowest BCUT2D eigenvalue weighted by Gasteiger charge is -2.14. The highest BCUT2D eigenvalue weighted by Gasteiger charge is 2.21. The van der Waals surface area contributed by atoms with E-state index in [-0.39, 0.29) is 24.3 Å². The van der Waals surface area contributed by atoms with Crippen molar-refractivity contribution in [3.63, 3.8) is 0 Å². The molecule has 1 unspecified atom stereocenters. The number of carbonyl (C=O) groups is 2. The Bertz CT molecular complexity index is 431. The van der Waals surface area contributed by atoms with Crippen molar-refractivity contribution < 1.29 is 14.7 Å². The van der Waals surface area contributed by atoms with Gasteiger partial charge < -0.3 is 10.4 Å². The van der Waals surface area contributed by atoms with E-state index < -0.39 is 5.97 Å². The second-order valence-corrected chi connectivity index (χ2v) is 5.07. The molecule has 7 heteroatoms. The molecule has 100 valence electrons. The third-order valence-corrected chi connectivity index (χ3v) is 3.26. The van der Waals surface area contributed by atoms with Crippen molar-refractivity contribution in [2.45, 2.75) is 45.6 Å². The minimum atomic E-state index is -0.923. The van der Waals surface area contributed by atoms with E-state index in [2.05, 4.69) is 14.9 Å². The fraction of sp³-hybridized carbons (Fsp3) is 0.636. The van der Waals surface area contributed by atoms with E-state index in [1.165, 1.54) is 0 Å². The van der Waals surface area contributed by atoms with Crippen LogP contribution >= 0.6 is 11.5 Å². The number of nitrogens with zero attached hydrogens (tertiary/aromatic N) is 2. The Hall–Kier alpha value is -1.50. The van der Waals surface area contributed by atoms with Crippen LogP contribution in [0, 0.1) is 0 Å². The lowest BCUT2D eigenvalue weighted by Crippen LogP contribution is -2.36. The number of carboxylic acid groups (broad SMARTS) is 1. The maximum atomic E-state index is 12.0. The van der Waals surface area contributed by atoms with Gasteiger partial charge in [0.05, 0.1) is 12.1 Å². The van der Waals surface area contributed by atoms with E-state index in [1.54, 1.807) is 0 Å². The lowest BCUT2D eigenvalue weighted by molar-refractivity contribution is -0.137. The van der Waals surface area contributed by atoms with Crippen molar-refractivity contribution >= 4 is 23.4 Å². The van der Waals surface area contributed by atoms with Gasteiger partial charge in [-0.15, -0.1) is 5.10 Å². The summed E-state index contributed by atoms with van der Waals surface area (Å²) in [6.45, 7) is 5.70. The van der Waals surface area contributed by atoms with Crippen molar-refractivity contribution in [1.29, 1.82) is 0 Å². The molecule has 1 rings (SSSR count). The SMILES string of the molecule is CCC(CC(=O)O)NC(=O)c1snnc1C(C)C. The van der Waals surface area contributed by atoms with Crippen molar-refractivity contribution in [3.8, 4) is 0 Å². The van der Waals surface area contributed by atoms with E-state index in [4.69, 9.17) is 5.11 Å². The van der Waals surface area contributed by atoms with Gasteiger partial charge in [0.2, 0.25) is 0 Å². The third-order valence-electron chi connectivity index (χ3n) is 2.52. The summed E-state index contributed by atoms with van der Waals surface area (Å²) in [5, 5.41) is 15.4. The Morgan fingerprint density at radius 3 is 2.61 bits per heavy atom. The molecule has 0 aliphatic carbocycles. The number of carboxylic acids is 1. The molecule has 0 saturated heterocycles. The standard InChI is InChI=1S/C11H17N3O3S/c1-4-7(5-8(15)16)12-11(17)10-9(6(2)3)13-14-18-10/h6-7H,4-5H2,1-3H3,(H,12,17)(H,15,16). The van der Waals surface area contributed by atoms with Gasteiger partial charge in [-0.3, -0.25) is 9.59 Å². The third kappa shape index (κ3) is 3.76. The van der Waals surface area contributed by atoms with Gasteiger partial charge in [0.1, 0.15) is 4.88 Å². The van der Waals surface area contributed by atoms with E-state index >= 15 is 0 Å². The fourth-order valence-corrected chi connectivity index (χ4v) is 2.21. The first-order valence-corrected chi connectivity index (χ1v) is 6.57. The smallest absolute Gasteiger partial charge is 0.305 e. The summed E-state index contributed by atoms with van der Waals surface area (Å²) in [4.78, 5) is 23.1. The molecule has 0 saturated carbocycles. The van der Waals surface area contributed by atoms with Gasteiger partial charge in [0, 0.05) is 6.04 Å². The molecule has 0 radical (unpaired) electrons. The topological polar surface area (TPSA) is 92.2 Å². The number of amides is 1. The normalized spacial score (nSPS) is 12.4. The first-order valence-electron chi connectivity index (χ1n) is 5.80. The number of hydrogen-bond donors (Lipinski definition) is 2. The van der Waals surface area contributed by atoms with Crippen LogP contribution in [0.1, 0.15) is 54.9 Å². The lowest BCUT2D eigenvalue weighted by atomic mass is 10.1. The number of nitrogens with one attached hydrogen (secondary N) is 1. The highest BCUT2D eigenvalue weighted by Crippen LogP contribution is 2.19. The van der Waals surface area contributed by atoms with Crippen LogP contribution < -0.4 is 5.32 Å². The van der Waals surface area contributed by atoms with E-state index in [0.717, 1.165) is 11.5 Å².